The summed E-state index contributed by atoms with van der Waals surface area (Å²) in [4.78, 5) is 31.4. The molecule has 4 rings (SSSR count). The Labute approximate surface area is 188 Å². The number of amides is 4. The molecule has 0 bridgehead atoms. The van der Waals surface area contributed by atoms with E-state index in [0.717, 1.165) is 42.7 Å². The van der Waals surface area contributed by atoms with E-state index in [1.54, 1.807) is 6.07 Å². The van der Waals surface area contributed by atoms with E-state index in [-0.39, 0.29) is 18.1 Å². The van der Waals surface area contributed by atoms with Crippen LogP contribution in [0.3, 0.4) is 0 Å². The van der Waals surface area contributed by atoms with Crippen LogP contribution in [0.15, 0.2) is 42.5 Å². The molecule has 0 radical (unpaired) electrons. The summed E-state index contributed by atoms with van der Waals surface area (Å²) in [6.45, 7) is 7.44. The molecule has 6 nitrogen and oxygen atoms in total. The Kier molecular flexibility index (Phi) is 6.37. The molecule has 2 aliphatic rings. The van der Waals surface area contributed by atoms with Gasteiger partial charge in [-0.1, -0.05) is 47.5 Å². The number of nitrogens with zero attached hydrogens (tertiary/aromatic N) is 3. The predicted octanol–water partition coefficient (Wildman–Crippen LogP) is 4.89. The van der Waals surface area contributed by atoms with Gasteiger partial charge in [0.1, 0.15) is 0 Å². The number of carbonyl (C=O) groups excluding carboxylic acids is 2. The summed E-state index contributed by atoms with van der Waals surface area (Å²) in [5.74, 6) is 0. The van der Waals surface area contributed by atoms with Gasteiger partial charge in [-0.3, -0.25) is 0 Å². The highest BCUT2D eigenvalue weighted by Crippen LogP contribution is 2.25. The molecule has 0 saturated carbocycles. The Balaban J connectivity index is 1.30. The summed E-state index contributed by atoms with van der Waals surface area (Å²) in [6, 6.07) is 14.0. The van der Waals surface area contributed by atoms with Gasteiger partial charge < -0.3 is 20.0 Å². The van der Waals surface area contributed by atoms with Crippen LogP contribution < -0.4 is 5.32 Å². The molecule has 0 unspecified atom stereocenters. The molecular weight excluding hydrogens is 412 g/mol. The van der Waals surface area contributed by atoms with Gasteiger partial charge in [0.25, 0.3) is 0 Å². The third kappa shape index (κ3) is 4.96. The predicted molar refractivity (Wildman–Crippen MR) is 123 cm³/mol. The second kappa shape index (κ2) is 9.18. The van der Waals surface area contributed by atoms with Crippen LogP contribution in [0.1, 0.15) is 29.5 Å². The minimum absolute atomic E-state index is 0.110. The van der Waals surface area contributed by atoms with Gasteiger partial charge in [-0.2, -0.15) is 0 Å². The van der Waals surface area contributed by atoms with E-state index in [1.165, 1.54) is 5.56 Å². The number of urea groups is 2. The molecule has 2 fully saturated rings. The number of piperidine rings is 1. The number of hydrogen-bond donors (Lipinski definition) is 1. The van der Waals surface area contributed by atoms with Gasteiger partial charge in [-0.25, -0.2) is 9.59 Å². The standard InChI is InChI=1S/C24H29ClN4O2/c1-17-4-3-5-19(14-17)16-28-12-13-29(24(28)31)21-8-10-27(11-9-21)23(30)26-22-15-20(25)7-6-18(22)2/h3-7,14-15,21H,8-13,16H2,1-2H3,(H,26,30). The number of likely N-dealkylation sites (tertiary alicyclic amines) is 1. The van der Waals surface area contributed by atoms with Crippen LogP contribution in [0.25, 0.3) is 0 Å². The first kappa shape index (κ1) is 21.5. The van der Waals surface area contributed by atoms with Crippen molar-refractivity contribution in [3.8, 4) is 0 Å². The van der Waals surface area contributed by atoms with E-state index in [9.17, 15) is 9.59 Å². The highest BCUT2D eigenvalue weighted by molar-refractivity contribution is 6.31. The van der Waals surface area contributed by atoms with Crippen LogP contribution in [0.2, 0.25) is 5.02 Å². The average molecular weight is 441 g/mol. The van der Waals surface area contributed by atoms with Crippen LogP contribution in [0.4, 0.5) is 15.3 Å². The molecule has 4 amide bonds. The quantitative estimate of drug-likeness (QED) is 0.735. The monoisotopic (exact) mass is 440 g/mol. The number of anilines is 1. The molecular formula is C24H29ClN4O2. The zero-order valence-electron chi connectivity index (χ0n) is 18.1. The Morgan fingerprint density at radius 1 is 1.06 bits per heavy atom. The molecule has 2 aromatic rings. The molecule has 0 atom stereocenters. The van der Waals surface area contributed by atoms with Crippen molar-refractivity contribution >= 4 is 29.4 Å². The Morgan fingerprint density at radius 3 is 2.58 bits per heavy atom. The van der Waals surface area contributed by atoms with E-state index in [4.69, 9.17) is 11.6 Å². The van der Waals surface area contributed by atoms with Crippen LogP contribution in [0.5, 0.6) is 0 Å². The molecule has 7 heteroatoms. The SMILES string of the molecule is Cc1cccc(CN2CCN(C3CCN(C(=O)Nc4cc(Cl)ccc4C)CC3)C2=O)c1. The zero-order valence-corrected chi connectivity index (χ0v) is 18.9. The van der Waals surface area contributed by atoms with Gasteiger partial charge in [0.15, 0.2) is 0 Å². The number of halogens is 1. The minimum atomic E-state index is -0.113. The van der Waals surface area contributed by atoms with Crippen molar-refractivity contribution in [1.82, 2.24) is 14.7 Å². The van der Waals surface area contributed by atoms with E-state index in [1.807, 2.05) is 39.8 Å². The third-order valence-electron chi connectivity index (χ3n) is 6.22. The summed E-state index contributed by atoms with van der Waals surface area (Å²) < 4.78 is 0. The first-order valence-electron chi connectivity index (χ1n) is 10.8. The molecule has 0 aromatic heterocycles. The highest BCUT2D eigenvalue weighted by Gasteiger charge is 2.36. The van der Waals surface area contributed by atoms with Crippen molar-refractivity contribution in [2.75, 3.05) is 31.5 Å². The van der Waals surface area contributed by atoms with Gasteiger partial charge in [0.2, 0.25) is 0 Å². The second-order valence-corrected chi connectivity index (χ2v) is 8.93. The third-order valence-corrected chi connectivity index (χ3v) is 6.45. The number of benzene rings is 2. The van der Waals surface area contributed by atoms with Gasteiger partial charge in [0, 0.05) is 49.5 Å². The van der Waals surface area contributed by atoms with Gasteiger partial charge in [0.05, 0.1) is 0 Å². The fraction of sp³-hybridized carbons (Fsp3) is 0.417. The zero-order chi connectivity index (χ0) is 22.0. The lowest BCUT2D eigenvalue weighted by molar-refractivity contribution is 0.139. The first-order valence-corrected chi connectivity index (χ1v) is 11.2. The van der Waals surface area contributed by atoms with E-state index in [2.05, 4.69) is 30.4 Å². The first-order chi connectivity index (χ1) is 14.9. The number of nitrogens with one attached hydrogen (secondary N) is 1. The van der Waals surface area contributed by atoms with Crippen molar-refractivity contribution in [2.24, 2.45) is 0 Å². The Morgan fingerprint density at radius 2 is 1.84 bits per heavy atom. The molecule has 31 heavy (non-hydrogen) atoms. The lowest BCUT2D eigenvalue weighted by Crippen LogP contribution is -2.49. The number of hydrogen-bond acceptors (Lipinski definition) is 2. The summed E-state index contributed by atoms with van der Waals surface area (Å²) in [6.07, 6.45) is 1.60. The van der Waals surface area contributed by atoms with Crippen molar-refractivity contribution in [2.45, 2.75) is 39.3 Å². The van der Waals surface area contributed by atoms with Crippen molar-refractivity contribution in [3.63, 3.8) is 0 Å². The summed E-state index contributed by atoms with van der Waals surface area (Å²) in [7, 11) is 0. The van der Waals surface area contributed by atoms with Gasteiger partial charge in [-0.15, -0.1) is 0 Å². The summed E-state index contributed by atoms with van der Waals surface area (Å²) >= 11 is 6.06. The van der Waals surface area contributed by atoms with Crippen LogP contribution in [-0.4, -0.2) is 59.0 Å². The number of rotatable bonds is 4. The molecule has 164 valence electrons. The molecule has 2 aliphatic heterocycles. The molecule has 0 spiro atoms. The highest BCUT2D eigenvalue weighted by atomic mass is 35.5. The molecule has 2 saturated heterocycles. The maximum absolute atomic E-state index is 13.0. The maximum Gasteiger partial charge on any atom is 0.321 e. The van der Waals surface area contributed by atoms with E-state index >= 15 is 0 Å². The topological polar surface area (TPSA) is 55.9 Å². The average Bonchev–Trinajstić information content (AvgIpc) is 3.11. The summed E-state index contributed by atoms with van der Waals surface area (Å²) in [5.41, 5.74) is 4.09. The second-order valence-electron chi connectivity index (χ2n) is 8.49. The smallest absolute Gasteiger partial charge is 0.321 e. The van der Waals surface area contributed by atoms with Crippen LogP contribution in [-0.2, 0) is 6.54 Å². The number of aryl methyl sites for hydroxylation is 2. The Hall–Kier alpha value is -2.73. The normalized spacial score (nSPS) is 17.4. The largest absolute Gasteiger partial charge is 0.324 e. The lowest BCUT2D eigenvalue weighted by Gasteiger charge is -2.36. The van der Waals surface area contributed by atoms with Crippen molar-refractivity contribution in [1.29, 1.82) is 0 Å². The molecule has 2 heterocycles. The number of carbonyl (C=O) groups is 2. The molecule has 1 N–H and O–H groups in total. The lowest BCUT2D eigenvalue weighted by atomic mass is 10.0. The molecule has 2 aromatic carbocycles. The molecule has 0 aliphatic carbocycles. The fourth-order valence-corrected chi connectivity index (χ4v) is 4.59. The summed E-state index contributed by atoms with van der Waals surface area (Å²) in [5, 5.41) is 3.57. The van der Waals surface area contributed by atoms with Crippen LogP contribution >= 0.6 is 11.6 Å². The van der Waals surface area contributed by atoms with Gasteiger partial charge in [-0.05, 0) is 49.9 Å². The van der Waals surface area contributed by atoms with E-state index in [0.29, 0.717) is 24.7 Å². The van der Waals surface area contributed by atoms with Crippen LogP contribution in [0, 0.1) is 13.8 Å². The minimum Gasteiger partial charge on any atom is -0.324 e. The van der Waals surface area contributed by atoms with E-state index < -0.39 is 0 Å². The van der Waals surface area contributed by atoms with Crippen molar-refractivity contribution in [3.05, 3.63) is 64.2 Å². The Bertz CT molecular complexity index is 972. The van der Waals surface area contributed by atoms with Crippen molar-refractivity contribution < 1.29 is 9.59 Å². The maximum atomic E-state index is 13.0. The van der Waals surface area contributed by atoms with Gasteiger partial charge >= 0.3 is 12.1 Å². The fourth-order valence-electron chi connectivity index (χ4n) is 4.42.